The van der Waals surface area contributed by atoms with Crippen molar-refractivity contribution in [1.29, 1.82) is 0 Å². The highest BCUT2D eigenvalue weighted by Gasteiger charge is 2.35. The standard InChI is InChI=1S/C16H23FN2.ClH/c1-12(13-2-4-14(17)5-3-13)11-19-15-6-7-16(19)10-18-9-8-15;/h2-5,12,15-16,18H,6-11H2,1H3;1H. The van der Waals surface area contributed by atoms with Crippen molar-refractivity contribution in [3.8, 4) is 0 Å². The highest BCUT2D eigenvalue weighted by atomic mass is 35.5. The van der Waals surface area contributed by atoms with E-state index in [2.05, 4.69) is 17.1 Å². The minimum absolute atomic E-state index is 0. The van der Waals surface area contributed by atoms with Crippen LogP contribution in [0.15, 0.2) is 24.3 Å². The summed E-state index contributed by atoms with van der Waals surface area (Å²) in [6, 6.07) is 8.46. The number of rotatable bonds is 3. The zero-order chi connectivity index (χ0) is 13.2. The van der Waals surface area contributed by atoms with E-state index in [9.17, 15) is 4.39 Å². The summed E-state index contributed by atoms with van der Waals surface area (Å²) >= 11 is 0. The molecule has 1 aromatic carbocycles. The van der Waals surface area contributed by atoms with Gasteiger partial charge in [-0.1, -0.05) is 19.1 Å². The maximum absolute atomic E-state index is 13.0. The average Bonchev–Trinajstić information content (AvgIpc) is 2.63. The number of benzene rings is 1. The van der Waals surface area contributed by atoms with E-state index in [-0.39, 0.29) is 18.2 Å². The third kappa shape index (κ3) is 3.33. The zero-order valence-corrected chi connectivity index (χ0v) is 12.8. The Morgan fingerprint density at radius 1 is 1.20 bits per heavy atom. The molecule has 0 saturated carbocycles. The first-order chi connectivity index (χ1) is 9.24. The van der Waals surface area contributed by atoms with Crippen LogP contribution in [0.5, 0.6) is 0 Å². The van der Waals surface area contributed by atoms with Crippen LogP contribution in [-0.2, 0) is 0 Å². The number of nitrogens with one attached hydrogen (secondary N) is 1. The Bertz CT molecular complexity index is 409. The van der Waals surface area contributed by atoms with Gasteiger partial charge in [0, 0.05) is 25.2 Å². The van der Waals surface area contributed by atoms with Gasteiger partial charge in [0.25, 0.3) is 0 Å². The number of halogens is 2. The van der Waals surface area contributed by atoms with Crippen LogP contribution in [0.2, 0.25) is 0 Å². The van der Waals surface area contributed by atoms with Crippen molar-refractivity contribution in [2.24, 2.45) is 0 Å². The number of hydrogen-bond donors (Lipinski definition) is 1. The predicted octanol–water partition coefficient (Wildman–Crippen LogP) is 3.18. The molecule has 0 amide bonds. The van der Waals surface area contributed by atoms with Crippen LogP contribution in [0.25, 0.3) is 0 Å². The first-order valence-electron chi connectivity index (χ1n) is 7.46. The molecule has 3 atom stereocenters. The molecule has 1 N–H and O–H groups in total. The fraction of sp³-hybridized carbons (Fsp3) is 0.625. The van der Waals surface area contributed by atoms with Gasteiger partial charge in [-0.15, -0.1) is 12.4 Å². The smallest absolute Gasteiger partial charge is 0.123 e. The molecule has 2 aliphatic rings. The summed E-state index contributed by atoms with van der Waals surface area (Å²) in [7, 11) is 0. The SMILES string of the molecule is CC(CN1C2CCNCC1CC2)c1ccc(F)cc1.Cl. The Kier molecular flexibility index (Phi) is 5.42. The number of hydrogen-bond acceptors (Lipinski definition) is 2. The second-order valence-corrected chi connectivity index (χ2v) is 6.03. The van der Waals surface area contributed by atoms with E-state index < -0.39 is 0 Å². The van der Waals surface area contributed by atoms with Crippen molar-refractivity contribution in [2.45, 2.75) is 44.2 Å². The van der Waals surface area contributed by atoms with Gasteiger partial charge in [0.15, 0.2) is 0 Å². The molecule has 3 unspecified atom stereocenters. The fourth-order valence-corrected chi connectivity index (χ4v) is 3.59. The van der Waals surface area contributed by atoms with Crippen LogP contribution in [0, 0.1) is 5.82 Å². The van der Waals surface area contributed by atoms with Crippen molar-refractivity contribution in [1.82, 2.24) is 10.2 Å². The van der Waals surface area contributed by atoms with Gasteiger partial charge in [0.05, 0.1) is 0 Å². The molecule has 2 nitrogen and oxygen atoms in total. The molecule has 2 aliphatic heterocycles. The Balaban J connectivity index is 0.00000147. The average molecular weight is 299 g/mol. The zero-order valence-electron chi connectivity index (χ0n) is 12.0. The first-order valence-corrected chi connectivity index (χ1v) is 7.46. The summed E-state index contributed by atoms with van der Waals surface area (Å²) < 4.78 is 13.0. The lowest BCUT2D eigenvalue weighted by Gasteiger charge is -2.30. The molecule has 20 heavy (non-hydrogen) atoms. The van der Waals surface area contributed by atoms with E-state index in [1.54, 1.807) is 12.1 Å². The molecular weight excluding hydrogens is 275 g/mol. The van der Waals surface area contributed by atoms with Gasteiger partial charge < -0.3 is 5.32 Å². The topological polar surface area (TPSA) is 15.3 Å². The lowest BCUT2D eigenvalue weighted by molar-refractivity contribution is 0.192. The number of nitrogens with zero attached hydrogens (tertiary/aromatic N) is 1. The van der Waals surface area contributed by atoms with Gasteiger partial charge in [-0.2, -0.15) is 0 Å². The van der Waals surface area contributed by atoms with Gasteiger partial charge in [-0.25, -0.2) is 4.39 Å². The summed E-state index contributed by atoms with van der Waals surface area (Å²) in [5.41, 5.74) is 1.25. The summed E-state index contributed by atoms with van der Waals surface area (Å²) in [6.45, 7) is 5.64. The monoisotopic (exact) mass is 298 g/mol. The maximum atomic E-state index is 13.0. The van der Waals surface area contributed by atoms with E-state index in [0.29, 0.717) is 12.0 Å². The molecule has 112 valence electrons. The van der Waals surface area contributed by atoms with Gasteiger partial charge in [-0.05, 0) is 49.4 Å². The maximum Gasteiger partial charge on any atom is 0.123 e. The van der Waals surface area contributed by atoms with Crippen molar-refractivity contribution in [2.75, 3.05) is 19.6 Å². The fourth-order valence-electron chi connectivity index (χ4n) is 3.59. The highest BCUT2D eigenvalue weighted by molar-refractivity contribution is 5.85. The Morgan fingerprint density at radius 2 is 1.90 bits per heavy atom. The lowest BCUT2D eigenvalue weighted by Crippen LogP contribution is -2.40. The summed E-state index contributed by atoms with van der Waals surface area (Å²) in [5, 5.41) is 3.54. The van der Waals surface area contributed by atoms with Gasteiger partial charge in [-0.3, -0.25) is 4.90 Å². The molecule has 0 radical (unpaired) electrons. The molecule has 2 heterocycles. The third-order valence-electron chi connectivity index (χ3n) is 4.73. The van der Waals surface area contributed by atoms with Gasteiger partial charge >= 0.3 is 0 Å². The third-order valence-corrected chi connectivity index (χ3v) is 4.73. The van der Waals surface area contributed by atoms with Crippen LogP contribution in [-0.4, -0.2) is 36.6 Å². The van der Waals surface area contributed by atoms with Crippen molar-refractivity contribution < 1.29 is 4.39 Å². The van der Waals surface area contributed by atoms with Gasteiger partial charge in [0.2, 0.25) is 0 Å². The lowest BCUT2D eigenvalue weighted by atomic mass is 9.99. The Morgan fingerprint density at radius 3 is 2.65 bits per heavy atom. The van der Waals surface area contributed by atoms with Crippen molar-refractivity contribution in [3.05, 3.63) is 35.6 Å². The molecule has 0 aromatic heterocycles. The van der Waals surface area contributed by atoms with Crippen LogP contribution in [0.4, 0.5) is 4.39 Å². The molecule has 1 aromatic rings. The Labute approximate surface area is 127 Å². The molecule has 0 aliphatic carbocycles. The molecule has 2 fully saturated rings. The van der Waals surface area contributed by atoms with Crippen LogP contribution >= 0.6 is 12.4 Å². The van der Waals surface area contributed by atoms with Crippen molar-refractivity contribution >= 4 is 12.4 Å². The molecule has 2 bridgehead atoms. The first kappa shape index (κ1) is 15.7. The second-order valence-electron chi connectivity index (χ2n) is 6.03. The summed E-state index contributed by atoms with van der Waals surface area (Å²) in [4.78, 5) is 2.69. The molecule has 2 saturated heterocycles. The normalized spacial score (nSPS) is 27.7. The van der Waals surface area contributed by atoms with E-state index >= 15 is 0 Å². The Hall–Kier alpha value is -0.640. The number of fused-ring (bicyclic) bond motifs is 2. The molecular formula is C16H24ClFN2. The summed E-state index contributed by atoms with van der Waals surface area (Å²) in [6.07, 6.45) is 3.95. The minimum atomic E-state index is -0.144. The van der Waals surface area contributed by atoms with E-state index in [1.165, 1.54) is 24.8 Å². The minimum Gasteiger partial charge on any atom is -0.315 e. The molecule has 3 rings (SSSR count). The van der Waals surface area contributed by atoms with E-state index in [4.69, 9.17) is 0 Å². The van der Waals surface area contributed by atoms with Crippen LogP contribution in [0.3, 0.4) is 0 Å². The van der Waals surface area contributed by atoms with Crippen LogP contribution < -0.4 is 5.32 Å². The predicted molar refractivity (Wildman–Crippen MR) is 83.1 cm³/mol. The van der Waals surface area contributed by atoms with E-state index in [1.807, 2.05) is 12.1 Å². The largest absolute Gasteiger partial charge is 0.315 e. The van der Waals surface area contributed by atoms with Gasteiger partial charge in [0.1, 0.15) is 5.82 Å². The molecule has 4 heteroatoms. The summed E-state index contributed by atoms with van der Waals surface area (Å²) in [5.74, 6) is 0.330. The van der Waals surface area contributed by atoms with Crippen LogP contribution in [0.1, 0.15) is 37.7 Å². The highest BCUT2D eigenvalue weighted by Crippen LogP contribution is 2.30. The second kappa shape index (κ2) is 6.88. The molecule has 0 spiro atoms. The van der Waals surface area contributed by atoms with Crippen molar-refractivity contribution in [3.63, 3.8) is 0 Å². The quantitative estimate of drug-likeness (QED) is 0.922. The van der Waals surface area contributed by atoms with E-state index in [0.717, 1.165) is 25.7 Å².